The summed E-state index contributed by atoms with van der Waals surface area (Å²) in [6, 6.07) is 5.57. The fourth-order valence-electron chi connectivity index (χ4n) is 1.87. The molecule has 0 bridgehead atoms. The number of aryl methyl sites for hydroxylation is 1. The minimum atomic E-state index is 0.0583. The van der Waals surface area contributed by atoms with Crippen molar-refractivity contribution in [2.45, 2.75) is 25.8 Å². The maximum Gasteiger partial charge on any atom is 0.0944 e. The Labute approximate surface area is 126 Å². The molecule has 0 aliphatic heterocycles. The molecule has 0 fully saturated rings. The molecule has 0 aliphatic carbocycles. The highest BCUT2D eigenvalue weighted by Crippen LogP contribution is 2.26. The van der Waals surface area contributed by atoms with Crippen molar-refractivity contribution in [3.63, 3.8) is 0 Å². The van der Waals surface area contributed by atoms with Crippen LogP contribution in [0.1, 0.15) is 16.3 Å². The Morgan fingerprint density at radius 1 is 1.32 bits per heavy atom. The van der Waals surface area contributed by atoms with E-state index in [2.05, 4.69) is 10.4 Å². The highest BCUT2D eigenvalue weighted by Gasteiger charge is 2.15. The van der Waals surface area contributed by atoms with Crippen LogP contribution >= 0.6 is 34.5 Å². The average Bonchev–Trinajstić information content (AvgIpc) is 2.78. The van der Waals surface area contributed by atoms with Gasteiger partial charge in [0.25, 0.3) is 0 Å². The van der Waals surface area contributed by atoms with Crippen molar-refractivity contribution in [3.05, 3.63) is 49.9 Å². The van der Waals surface area contributed by atoms with E-state index in [0.29, 0.717) is 16.5 Å². The number of rotatable bonds is 5. The average molecular weight is 316 g/mol. The number of hydrazine groups is 1. The number of nitrogens with two attached hydrogens (primary N) is 1. The van der Waals surface area contributed by atoms with Crippen LogP contribution in [0, 0.1) is 6.92 Å². The third-order valence-corrected chi connectivity index (χ3v) is 4.53. The van der Waals surface area contributed by atoms with Gasteiger partial charge in [-0.3, -0.25) is 11.3 Å². The summed E-state index contributed by atoms with van der Waals surface area (Å²) in [4.78, 5) is 4.44. The number of halogens is 2. The van der Waals surface area contributed by atoms with E-state index < -0.39 is 0 Å². The Morgan fingerprint density at radius 3 is 2.53 bits per heavy atom. The maximum absolute atomic E-state index is 6.17. The highest BCUT2D eigenvalue weighted by atomic mass is 35.5. The SMILES string of the molecule is Cc1csc(CC(Cc2c(Cl)cccc2Cl)NN)n1. The van der Waals surface area contributed by atoms with Crippen LogP contribution in [0.3, 0.4) is 0 Å². The molecule has 0 saturated heterocycles. The smallest absolute Gasteiger partial charge is 0.0944 e. The molecule has 1 unspecified atom stereocenters. The summed E-state index contributed by atoms with van der Waals surface area (Å²) in [6.07, 6.45) is 1.43. The van der Waals surface area contributed by atoms with Crippen molar-refractivity contribution in [2.24, 2.45) is 5.84 Å². The molecule has 2 rings (SSSR count). The molecule has 1 aromatic heterocycles. The van der Waals surface area contributed by atoms with Crippen LogP contribution in [-0.4, -0.2) is 11.0 Å². The molecule has 0 aliphatic rings. The summed E-state index contributed by atoms with van der Waals surface area (Å²) in [5, 5.41) is 4.43. The summed E-state index contributed by atoms with van der Waals surface area (Å²) >= 11 is 14.0. The van der Waals surface area contributed by atoms with Crippen LogP contribution in [0.2, 0.25) is 10.0 Å². The number of hydrogen-bond donors (Lipinski definition) is 2. The Morgan fingerprint density at radius 2 is 2.00 bits per heavy atom. The van der Waals surface area contributed by atoms with Gasteiger partial charge in [0.05, 0.1) is 5.01 Å². The number of aromatic nitrogens is 1. The van der Waals surface area contributed by atoms with Gasteiger partial charge in [-0.2, -0.15) is 0 Å². The Balaban J connectivity index is 2.11. The van der Waals surface area contributed by atoms with Crippen LogP contribution in [0.15, 0.2) is 23.6 Å². The van der Waals surface area contributed by atoms with Gasteiger partial charge in [-0.15, -0.1) is 11.3 Å². The zero-order valence-electron chi connectivity index (χ0n) is 10.5. The van der Waals surface area contributed by atoms with Crippen LogP contribution < -0.4 is 11.3 Å². The molecular formula is C13H15Cl2N3S. The van der Waals surface area contributed by atoms with Crippen LogP contribution in [0.25, 0.3) is 0 Å². The number of benzene rings is 1. The zero-order valence-corrected chi connectivity index (χ0v) is 12.8. The van der Waals surface area contributed by atoms with Crippen molar-refractivity contribution < 1.29 is 0 Å². The van der Waals surface area contributed by atoms with Gasteiger partial charge in [-0.1, -0.05) is 29.3 Å². The monoisotopic (exact) mass is 315 g/mol. The molecule has 0 amide bonds. The largest absolute Gasteiger partial charge is 0.271 e. The summed E-state index contributed by atoms with van der Waals surface area (Å²) in [5.41, 5.74) is 4.76. The van der Waals surface area contributed by atoms with Crippen LogP contribution in [-0.2, 0) is 12.8 Å². The summed E-state index contributed by atoms with van der Waals surface area (Å²) in [7, 11) is 0. The fourth-order valence-corrected chi connectivity index (χ4v) is 3.28. The lowest BCUT2D eigenvalue weighted by atomic mass is 10.0. The van der Waals surface area contributed by atoms with Gasteiger partial charge < -0.3 is 0 Å². The Hall–Kier alpha value is -0.650. The number of thiazole rings is 1. The minimum Gasteiger partial charge on any atom is -0.271 e. The van der Waals surface area contributed by atoms with E-state index >= 15 is 0 Å². The van der Waals surface area contributed by atoms with Gasteiger partial charge in [0.2, 0.25) is 0 Å². The van der Waals surface area contributed by atoms with Crippen molar-refractivity contribution in [1.82, 2.24) is 10.4 Å². The normalized spacial score (nSPS) is 12.6. The van der Waals surface area contributed by atoms with Crippen molar-refractivity contribution in [3.8, 4) is 0 Å². The number of hydrogen-bond acceptors (Lipinski definition) is 4. The first-order valence-electron chi connectivity index (χ1n) is 5.90. The Bertz CT molecular complexity index is 536. The molecule has 0 saturated carbocycles. The second kappa shape index (κ2) is 6.68. The summed E-state index contributed by atoms with van der Waals surface area (Å²) in [6.45, 7) is 1.98. The molecule has 3 nitrogen and oxygen atoms in total. The topological polar surface area (TPSA) is 50.9 Å². The molecule has 0 spiro atoms. The van der Waals surface area contributed by atoms with E-state index in [1.807, 2.05) is 30.5 Å². The maximum atomic E-state index is 6.17. The first kappa shape index (κ1) is 14.8. The highest BCUT2D eigenvalue weighted by molar-refractivity contribution is 7.09. The lowest BCUT2D eigenvalue weighted by molar-refractivity contribution is 0.521. The van der Waals surface area contributed by atoms with E-state index in [9.17, 15) is 0 Å². The zero-order chi connectivity index (χ0) is 13.8. The van der Waals surface area contributed by atoms with Crippen molar-refractivity contribution in [2.75, 3.05) is 0 Å². The van der Waals surface area contributed by atoms with Gasteiger partial charge in [-0.05, 0) is 31.0 Å². The first-order valence-corrected chi connectivity index (χ1v) is 7.53. The number of nitrogens with zero attached hydrogens (tertiary/aromatic N) is 1. The molecule has 1 heterocycles. The van der Waals surface area contributed by atoms with Crippen LogP contribution in [0.5, 0.6) is 0 Å². The van der Waals surface area contributed by atoms with Crippen molar-refractivity contribution >= 4 is 34.5 Å². The van der Waals surface area contributed by atoms with Crippen LogP contribution in [0.4, 0.5) is 0 Å². The quantitative estimate of drug-likeness (QED) is 0.657. The Kier molecular flexibility index (Phi) is 5.19. The molecule has 0 radical (unpaired) electrons. The third kappa shape index (κ3) is 3.91. The lowest BCUT2D eigenvalue weighted by Crippen LogP contribution is -2.38. The second-order valence-electron chi connectivity index (χ2n) is 4.35. The predicted octanol–water partition coefficient (Wildman–Crippen LogP) is 3.38. The molecule has 3 N–H and O–H groups in total. The second-order valence-corrected chi connectivity index (χ2v) is 6.11. The fraction of sp³-hybridized carbons (Fsp3) is 0.308. The van der Waals surface area contributed by atoms with Gasteiger partial charge in [-0.25, -0.2) is 4.98 Å². The van der Waals surface area contributed by atoms with E-state index in [-0.39, 0.29) is 6.04 Å². The molecule has 1 atom stereocenters. The van der Waals surface area contributed by atoms with Gasteiger partial charge >= 0.3 is 0 Å². The summed E-state index contributed by atoms with van der Waals surface area (Å²) < 4.78 is 0. The molecule has 2 aromatic rings. The number of nitrogens with one attached hydrogen (secondary N) is 1. The van der Waals surface area contributed by atoms with Gasteiger partial charge in [0.1, 0.15) is 0 Å². The van der Waals surface area contributed by atoms with E-state index in [4.69, 9.17) is 29.0 Å². The third-order valence-electron chi connectivity index (χ3n) is 2.84. The molecule has 102 valence electrons. The summed E-state index contributed by atoms with van der Waals surface area (Å²) in [5.74, 6) is 5.62. The van der Waals surface area contributed by atoms with E-state index in [0.717, 1.165) is 22.7 Å². The predicted molar refractivity (Wildman–Crippen MR) is 81.8 cm³/mol. The molecule has 1 aromatic carbocycles. The van der Waals surface area contributed by atoms with Gasteiger partial charge in [0.15, 0.2) is 0 Å². The van der Waals surface area contributed by atoms with Gasteiger partial charge in [0, 0.05) is 33.6 Å². The molecule has 19 heavy (non-hydrogen) atoms. The standard InChI is InChI=1S/C13H15Cl2N3S/c1-8-7-19-13(17-8)6-9(18-16)5-10-11(14)3-2-4-12(10)15/h2-4,7,9,18H,5-6,16H2,1H3. The lowest BCUT2D eigenvalue weighted by Gasteiger charge is -2.16. The first-order chi connectivity index (χ1) is 9.10. The van der Waals surface area contributed by atoms with E-state index in [1.54, 1.807) is 11.3 Å². The molecule has 6 heteroatoms. The van der Waals surface area contributed by atoms with E-state index in [1.165, 1.54) is 0 Å². The van der Waals surface area contributed by atoms with Crippen molar-refractivity contribution in [1.29, 1.82) is 0 Å². The minimum absolute atomic E-state index is 0.0583. The molecular weight excluding hydrogens is 301 g/mol.